The van der Waals surface area contributed by atoms with Crippen LogP contribution in [0.25, 0.3) is 0 Å². The monoisotopic (exact) mass is 476 g/mol. The van der Waals surface area contributed by atoms with Crippen LogP contribution in [0.2, 0.25) is 0 Å². The quantitative estimate of drug-likeness (QED) is 0.545. The molecule has 1 aliphatic heterocycles. The van der Waals surface area contributed by atoms with E-state index < -0.39 is 0 Å². The molecule has 3 N–H and O–H groups in total. The number of piperidine rings is 1. The number of imide groups is 1. The van der Waals surface area contributed by atoms with E-state index >= 15 is 0 Å². The van der Waals surface area contributed by atoms with Crippen molar-refractivity contribution < 1.29 is 14.3 Å². The molecule has 2 aliphatic rings. The van der Waals surface area contributed by atoms with E-state index in [1.54, 1.807) is 0 Å². The molecule has 0 unspecified atom stereocenters. The highest BCUT2D eigenvalue weighted by Crippen LogP contribution is 2.42. The molecule has 3 atom stereocenters. The van der Waals surface area contributed by atoms with Crippen molar-refractivity contribution in [2.24, 2.45) is 11.8 Å². The molecule has 9 nitrogen and oxygen atoms in total. The Morgan fingerprint density at radius 3 is 2.76 bits per heavy atom. The summed E-state index contributed by atoms with van der Waals surface area (Å²) in [7, 11) is 6.00. The number of urea groups is 1. The minimum Gasteiger partial charge on any atom is -0.389 e. The first-order valence-corrected chi connectivity index (χ1v) is 12.4. The van der Waals surface area contributed by atoms with Gasteiger partial charge in [0, 0.05) is 37.1 Å². The van der Waals surface area contributed by atoms with Crippen LogP contribution in [-0.2, 0) is 22.4 Å². The third kappa shape index (κ3) is 5.84. The van der Waals surface area contributed by atoms with Crippen LogP contribution in [0.1, 0.15) is 29.3 Å². The Labute approximate surface area is 200 Å². The molecule has 0 saturated carbocycles. The van der Waals surface area contributed by atoms with E-state index in [4.69, 9.17) is 10.5 Å². The molecule has 1 aromatic heterocycles. The molecule has 10 heteroatoms. The molecule has 3 rings (SSSR count). The standard InChI is InChI=1S/C23H36N6O3S/c1-5-29(23(31)26-6-8-32-9-7-27(2)3)22(30)16-10-15-11-17-18(13-24)21(25)33-20(17)12-19(15)28(4)14-16/h15-16,19H,5-12,14,25H2,1-4H3,(H,26,31)/t15-,16-,19-/m1/s1. The Hall–Kier alpha value is -2.19. The predicted octanol–water partition coefficient (Wildman–Crippen LogP) is 1.37. The summed E-state index contributed by atoms with van der Waals surface area (Å²) >= 11 is 1.52. The van der Waals surface area contributed by atoms with Gasteiger partial charge in [0.05, 0.1) is 24.7 Å². The van der Waals surface area contributed by atoms with Gasteiger partial charge in [0.1, 0.15) is 11.1 Å². The summed E-state index contributed by atoms with van der Waals surface area (Å²) < 4.78 is 5.51. The number of likely N-dealkylation sites (N-methyl/N-ethyl adjacent to an activating group) is 2. The summed E-state index contributed by atoms with van der Waals surface area (Å²) in [5.74, 6) is -0.121. The molecule has 1 aliphatic carbocycles. The molecule has 1 fully saturated rings. The van der Waals surface area contributed by atoms with Crippen molar-refractivity contribution in [1.29, 1.82) is 5.26 Å². The number of nitrogens with one attached hydrogen (secondary N) is 1. The molecule has 2 heterocycles. The highest BCUT2D eigenvalue weighted by atomic mass is 32.1. The highest BCUT2D eigenvalue weighted by molar-refractivity contribution is 7.16. The van der Waals surface area contributed by atoms with Gasteiger partial charge in [-0.1, -0.05) is 0 Å². The van der Waals surface area contributed by atoms with Crippen LogP contribution in [0, 0.1) is 23.2 Å². The lowest BCUT2D eigenvalue weighted by Crippen LogP contribution is -2.55. The average Bonchev–Trinajstić information content (AvgIpc) is 3.08. The maximum atomic E-state index is 13.3. The Morgan fingerprint density at radius 1 is 1.33 bits per heavy atom. The lowest BCUT2D eigenvalue weighted by atomic mass is 9.74. The number of rotatable bonds is 8. The highest BCUT2D eigenvalue weighted by Gasteiger charge is 2.43. The first kappa shape index (κ1) is 25.4. The average molecular weight is 477 g/mol. The summed E-state index contributed by atoms with van der Waals surface area (Å²) in [5, 5.41) is 12.9. The largest absolute Gasteiger partial charge is 0.389 e. The van der Waals surface area contributed by atoms with Gasteiger partial charge in [0.2, 0.25) is 5.91 Å². The molecular formula is C23H36N6O3S. The van der Waals surface area contributed by atoms with Gasteiger partial charge in [-0.15, -0.1) is 11.3 Å². The third-order valence-corrected chi connectivity index (χ3v) is 7.76. The second-order valence-corrected chi connectivity index (χ2v) is 10.3. The fourth-order valence-corrected chi connectivity index (χ4v) is 6.04. The van der Waals surface area contributed by atoms with Crippen molar-refractivity contribution in [3.8, 4) is 6.07 Å². The van der Waals surface area contributed by atoms with Crippen LogP contribution in [0.3, 0.4) is 0 Å². The number of ether oxygens (including phenoxy) is 1. The zero-order valence-corrected chi connectivity index (χ0v) is 20.9. The van der Waals surface area contributed by atoms with Crippen molar-refractivity contribution in [3.63, 3.8) is 0 Å². The van der Waals surface area contributed by atoms with E-state index in [1.807, 2.05) is 33.0 Å². The summed E-state index contributed by atoms with van der Waals surface area (Å²) in [5.41, 5.74) is 7.73. The minimum atomic E-state index is -0.369. The zero-order chi connectivity index (χ0) is 24.1. The van der Waals surface area contributed by atoms with Gasteiger partial charge in [-0.05, 0) is 58.8 Å². The maximum Gasteiger partial charge on any atom is 0.324 e. The number of nitrogens with two attached hydrogens (primary N) is 1. The first-order valence-electron chi connectivity index (χ1n) is 11.6. The SMILES string of the molecule is CCN(C(=O)NCCOCCN(C)C)C(=O)[C@@H]1C[C@@H]2Cc3c(sc(N)c3C#N)C[C@H]2N(C)C1. The van der Waals surface area contributed by atoms with Gasteiger partial charge in [0.25, 0.3) is 0 Å². The fraction of sp³-hybridized carbons (Fsp3) is 0.696. The number of amides is 3. The fourth-order valence-electron chi connectivity index (χ4n) is 4.94. The number of carbonyl (C=O) groups excluding carboxylic acids is 2. The smallest absolute Gasteiger partial charge is 0.324 e. The second-order valence-electron chi connectivity index (χ2n) is 9.19. The molecule has 0 radical (unpaired) electrons. The topological polar surface area (TPSA) is 115 Å². The van der Waals surface area contributed by atoms with E-state index in [0.717, 1.165) is 24.9 Å². The predicted molar refractivity (Wildman–Crippen MR) is 129 cm³/mol. The summed E-state index contributed by atoms with van der Waals surface area (Å²) in [4.78, 5) is 32.8. The van der Waals surface area contributed by atoms with E-state index in [0.29, 0.717) is 55.9 Å². The van der Waals surface area contributed by atoms with Crippen molar-refractivity contribution in [2.75, 3.05) is 66.3 Å². The van der Waals surface area contributed by atoms with Crippen LogP contribution in [0.15, 0.2) is 0 Å². The number of hydrogen-bond acceptors (Lipinski definition) is 8. The maximum absolute atomic E-state index is 13.3. The number of fused-ring (bicyclic) bond motifs is 2. The van der Waals surface area contributed by atoms with Crippen molar-refractivity contribution in [3.05, 3.63) is 16.0 Å². The number of nitrogens with zero attached hydrogens (tertiary/aromatic N) is 4. The van der Waals surface area contributed by atoms with Gasteiger partial charge in [-0.25, -0.2) is 4.79 Å². The number of nitrogen functional groups attached to an aromatic ring is 1. The molecule has 0 aromatic carbocycles. The molecule has 33 heavy (non-hydrogen) atoms. The zero-order valence-electron chi connectivity index (χ0n) is 20.1. The van der Waals surface area contributed by atoms with E-state index in [-0.39, 0.29) is 23.8 Å². The lowest BCUT2D eigenvalue weighted by Gasteiger charge is -2.45. The molecular weight excluding hydrogens is 440 g/mol. The molecule has 182 valence electrons. The molecule has 1 saturated heterocycles. The Morgan fingerprint density at radius 2 is 2.09 bits per heavy atom. The lowest BCUT2D eigenvalue weighted by molar-refractivity contribution is -0.135. The van der Waals surface area contributed by atoms with Crippen molar-refractivity contribution >= 4 is 28.3 Å². The van der Waals surface area contributed by atoms with Gasteiger partial charge in [-0.2, -0.15) is 5.26 Å². The number of anilines is 1. The van der Waals surface area contributed by atoms with E-state index in [2.05, 4.69) is 16.3 Å². The Balaban J connectivity index is 1.58. The van der Waals surface area contributed by atoms with Crippen LogP contribution in [-0.4, -0.2) is 93.2 Å². The second kappa shape index (κ2) is 11.3. The van der Waals surface area contributed by atoms with Crippen LogP contribution < -0.4 is 11.1 Å². The molecule has 1 aromatic rings. The van der Waals surface area contributed by atoms with Gasteiger partial charge in [-0.3, -0.25) is 9.69 Å². The van der Waals surface area contributed by atoms with Crippen molar-refractivity contribution in [1.82, 2.24) is 20.0 Å². The van der Waals surface area contributed by atoms with Crippen molar-refractivity contribution in [2.45, 2.75) is 32.2 Å². The Kier molecular flexibility index (Phi) is 8.70. The van der Waals surface area contributed by atoms with E-state index in [9.17, 15) is 14.9 Å². The molecule has 0 spiro atoms. The van der Waals surface area contributed by atoms with Gasteiger partial charge >= 0.3 is 6.03 Å². The van der Waals surface area contributed by atoms with Gasteiger partial charge in [0.15, 0.2) is 0 Å². The number of thiophene rings is 1. The third-order valence-electron chi connectivity index (χ3n) is 6.68. The van der Waals surface area contributed by atoms with E-state index in [1.165, 1.54) is 21.1 Å². The van der Waals surface area contributed by atoms with Crippen LogP contribution >= 0.6 is 11.3 Å². The first-order chi connectivity index (χ1) is 15.8. The number of hydrogen-bond donors (Lipinski definition) is 2. The minimum absolute atomic E-state index is 0.134. The summed E-state index contributed by atoms with van der Waals surface area (Å²) in [6, 6.07) is 2.21. The molecule has 0 bridgehead atoms. The number of carbonyl (C=O) groups is 2. The number of likely N-dealkylation sites (tertiary alicyclic amines) is 1. The normalized spacial score (nSPS) is 22.4. The van der Waals surface area contributed by atoms with Gasteiger partial charge < -0.3 is 25.6 Å². The summed E-state index contributed by atoms with van der Waals surface area (Å²) in [6.07, 6.45) is 2.33. The van der Waals surface area contributed by atoms with Crippen LogP contribution in [0.4, 0.5) is 9.80 Å². The molecule has 3 amide bonds. The summed E-state index contributed by atoms with van der Waals surface area (Å²) in [6.45, 7) is 4.96. The Bertz CT molecular complexity index is 895. The number of nitriles is 1. The van der Waals surface area contributed by atoms with Crippen LogP contribution in [0.5, 0.6) is 0 Å².